The molecule has 0 amide bonds. The molecule has 0 radical (unpaired) electrons. The van der Waals surface area contributed by atoms with E-state index in [0.717, 1.165) is 26.9 Å². The lowest BCUT2D eigenvalue weighted by Crippen LogP contribution is -2.15. The quantitative estimate of drug-likeness (QED) is 0.269. The van der Waals surface area contributed by atoms with Crippen molar-refractivity contribution in [3.8, 4) is 22.4 Å². The van der Waals surface area contributed by atoms with Crippen LogP contribution in [-0.2, 0) is 4.74 Å². The summed E-state index contributed by atoms with van der Waals surface area (Å²) in [6, 6.07) is 13.8. The van der Waals surface area contributed by atoms with Gasteiger partial charge >= 0.3 is 0 Å². The van der Waals surface area contributed by atoms with E-state index in [4.69, 9.17) is 15.6 Å². The zero-order valence-electron chi connectivity index (χ0n) is 16.8. The highest BCUT2D eigenvalue weighted by molar-refractivity contribution is 9.10. The summed E-state index contributed by atoms with van der Waals surface area (Å²) < 4.78 is 6.06. The Hall–Kier alpha value is -3.14. The molecule has 4 rings (SSSR count). The number of anilines is 2. The second kappa shape index (κ2) is 9.34. The van der Waals surface area contributed by atoms with Gasteiger partial charge in [-0.25, -0.2) is 19.9 Å². The number of aliphatic hydroxyl groups is 1. The van der Waals surface area contributed by atoms with Gasteiger partial charge in [-0.05, 0) is 48.4 Å². The molecule has 0 aliphatic heterocycles. The fraction of sp³-hybridized carbons (Fsp3) is 0.182. The van der Waals surface area contributed by atoms with Gasteiger partial charge in [0, 0.05) is 22.8 Å². The summed E-state index contributed by atoms with van der Waals surface area (Å²) in [6.07, 6.45) is 2.38. The summed E-state index contributed by atoms with van der Waals surface area (Å²) in [5, 5.41) is 13.0. The topological polar surface area (TPSA) is 119 Å². The summed E-state index contributed by atoms with van der Waals surface area (Å²) in [4.78, 5) is 17.6. The lowest BCUT2D eigenvalue weighted by molar-refractivity contribution is -0.0811. The minimum absolute atomic E-state index is 0.379. The van der Waals surface area contributed by atoms with Crippen LogP contribution in [0.4, 0.5) is 11.6 Å². The fourth-order valence-corrected chi connectivity index (χ4v) is 3.58. The van der Waals surface area contributed by atoms with E-state index in [0.29, 0.717) is 35.8 Å². The SMILES string of the molecule is CC(O)OCCNc1ccc(-c2cc(-c3cccc(Br)c3)c3c(N)ncnc3n2)cn1. The van der Waals surface area contributed by atoms with Crippen LogP contribution in [0.2, 0.25) is 0 Å². The fourth-order valence-electron chi connectivity index (χ4n) is 3.18. The van der Waals surface area contributed by atoms with Gasteiger partial charge in [0.2, 0.25) is 0 Å². The van der Waals surface area contributed by atoms with Gasteiger partial charge in [-0.1, -0.05) is 28.1 Å². The Balaban J connectivity index is 1.68. The second-order valence-corrected chi connectivity index (χ2v) is 7.77. The molecule has 0 aliphatic rings. The largest absolute Gasteiger partial charge is 0.383 e. The van der Waals surface area contributed by atoms with Gasteiger partial charge in [0.05, 0.1) is 17.7 Å². The standard InChI is InChI=1S/C22H21BrN6O2/c1-13(30)31-8-7-25-19-6-5-15(11-26-19)18-10-17(14-3-2-4-16(23)9-14)20-21(24)27-12-28-22(20)29-18/h2-6,9-13,30H,7-8H2,1H3,(H,25,26)(H2,24,27,28,29). The number of aromatic nitrogens is 4. The average Bonchev–Trinajstić information content (AvgIpc) is 2.76. The first-order chi connectivity index (χ1) is 15.0. The summed E-state index contributed by atoms with van der Waals surface area (Å²) in [5.41, 5.74) is 10.2. The highest BCUT2D eigenvalue weighted by Crippen LogP contribution is 2.34. The Morgan fingerprint density at radius 1 is 1.13 bits per heavy atom. The molecule has 3 aromatic heterocycles. The lowest BCUT2D eigenvalue weighted by Gasteiger charge is -2.12. The van der Waals surface area contributed by atoms with Crippen LogP contribution in [0.3, 0.4) is 0 Å². The van der Waals surface area contributed by atoms with Gasteiger partial charge in [-0.3, -0.25) is 0 Å². The number of pyridine rings is 2. The number of nitrogen functional groups attached to an aromatic ring is 1. The first-order valence-corrected chi connectivity index (χ1v) is 10.5. The number of nitrogens with zero attached hydrogens (tertiary/aromatic N) is 4. The van der Waals surface area contributed by atoms with Crippen molar-refractivity contribution in [2.24, 2.45) is 0 Å². The van der Waals surface area contributed by atoms with Gasteiger partial charge in [0.25, 0.3) is 0 Å². The zero-order valence-corrected chi connectivity index (χ0v) is 18.4. The van der Waals surface area contributed by atoms with Crippen LogP contribution in [0.1, 0.15) is 6.92 Å². The zero-order chi connectivity index (χ0) is 21.8. The van der Waals surface area contributed by atoms with Crippen LogP contribution < -0.4 is 11.1 Å². The first-order valence-electron chi connectivity index (χ1n) is 9.68. The van der Waals surface area contributed by atoms with E-state index >= 15 is 0 Å². The third kappa shape index (κ3) is 4.96. The maximum absolute atomic E-state index is 9.13. The molecule has 0 saturated carbocycles. The van der Waals surface area contributed by atoms with Crippen LogP contribution in [0, 0.1) is 0 Å². The number of halogens is 1. The van der Waals surface area contributed by atoms with Crippen LogP contribution in [-0.4, -0.2) is 44.5 Å². The van der Waals surface area contributed by atoms with Crippen molar-refractivity contribution in [2.45, 2.75) is 13.2 Å². The number of benzene rings is 1. The van der Waals surface area contributed by atoms with Crippen molar-refractivity contribution in [3.05, 3.63) is 59.5 Å². The number of aliphatic hydroxyl groups excluding tert-OH is 1. The van der Waals surface area contributed by atoms with Crippen molar-refractivity contribution < 1.29 is 9.84 Å². The molecule has 0 aliphatic carbocycles. The smallest absolute Gasteiger partial charge is 0.165 e. The summed E-state index contributed by atoms with van der Waals surface area (Å²) >= 11 is 3.53. The summed E-state index contributed by atoms with van der Waals surface area (Å²) in [6.45, 7) is 2.49. The third-order valence-electron chi connectivity index (χ3n) is 4.60. The molecule has 9 heteroatoms. The normalized spacial score (nSPS) is 12.1. The van der Waals surface area contributed by atoms with E-state index in [1.165, 1.54) is 6.33 Å². The van der Waals surface area contributed by atoms with Crippen molar-refractivity contribution >= 4 is 38.6 Å². The molecule has 0 fully saturated rings. The van der Waals surface area contributed by atoms with Gasteiger partial charge in [-0.2, -0.15) is 0 Å². The molecule has 31 heavy (non-hydrogen) atoms. The summed E-state index contributed by atoms with van der Waals surface area (Å²) in [7, 11) is 0. The van der Waals surface area contributed by atoms with Gasteiger partial charge < -0.3 is 20.9 Å². The molecule has 158 valence electrons. The Morgan fingerprint density at radius 3 is 2.74 bits per heavy atom. The van der Waals surface area contributed by atoms with Crippen molar-refractivity contribution in [1.29, 1.82) is 0 Å². The van der Waals surface area contributed by atoms with E-state index in [2.05, 4.69) is 41.2 Å². The maximum Gasteiger partial charge on any atom is 0.165 e. The average molecular weight is 481 g/mol. The second-order valence-electron chi connectivity index (χ2n) is 6.85. The van der Waals surface area contributed by atoms with Crippen LogP contribution >= 0.6 is 15.9 Å². The molecule has 4 N–H and O–H groups in total. The number of hydrogen-bond donors (Lipinski definition) is 3. The molecule has 0 spiro atoms. The van der Waals surface area contributed by atoms with E-state index in [1.54, 1.807) is 13.1 Å². The van der Waals surface area contributed by atoms with E-state index < -0.39 is 6.29 Å². The minimum Gasteiger partial charge on any atom is -0.383 e. The van der Waals surface area contributed by atoms with Crippen LogP contribution in [0.15, 0.2) is 59.5 Å². The molecule has 0 saturated heterocycles. The molecule has 1 aromatic carbocycles. The predicted molar refractivity (Wildman–Crippen MR) is 124 cm³/mol. The molecule has 1 unspecified atom stereocenters. The lowest BCUT2D eigenvalue weighted by atomic mass is 10.0. The van der Waals surface area contributed by atoms with Gasteiger partial charge in [0.1, 0.15) is 18.0 Å². The minimum atomic E-state index is -0.784. The van der Waals surface area contributed by atoms with Gasteiger partial charge in [-0.15, -0.1) is 0 Å². The Bertz CT molecular complexity index is 1200. The monoisotopic (exact) mass is 480 g/mol. The highest BCUT2D eigenvalue weighted by Gasteiger charge is 2.14. The van der Waals surface area contributed by atoms with E-state index in [-0.39, 0.29) is 0 Å². The van der Waals surface area contributed by atoms with E-state index in [9.17, 15) is 0 Å². The molecule has 4 aromatic rings. The molecule has 3 heterocycles. The maximum atomic E-state index is 9.13. The molecular weight excluding hydrogens is 460 g/mol. The molecule has 0 bridgehead atoms. The number of hydrogen-bond acceptors (Lipinski definition) is 8. The first kappa shape index (κ1) is 21.1. The Labute approximate surface area is 187 Å². The number of nitrogens with two attached hydrogens (primary N) is 1. The predicted octanol–water partition coefficient (Wildman–Crippen LogP) is 3.87. The van der Waals surface area contributed by atoms with Crippen molar-refractivity contribution in [2.75, 3.05) is 24.2 Å². The van der Waals surface area contributed by atoms with Crippen LogP contribution in [0.25, 0.3) is 33.4 Å². The highest BCUT2D eigenvalue weighted by atomic mass is 79.9. The third-order valence-corrected chi connectivity index (χ3v) is 5.09. The van der Waals surface area contributed by atoms with E-state index in [1.807, 2.05) is 42.5 Å². The number of nitrogens with one attached hydrogen (secondary N) is 1. The van der Waals surface area contributed by atoms with Crippen molar-refractivity contribution in [3.63, 3.8) is 0 Å². The Kier molecular flexibility index (Phi) is 6.36. The molecule has 8 nitrogen and oxygen atoms in total. The number of ether oxygens (including phenoxy) is 1. The van der Waals surface area contributed by atoms with Crippen molar-refractivity contribution in [1.82, 2.24) is 19.9 Å². The van der Waals surface area contributed by atoms with Gasteiger partial charge in [0.15, 0.2) is 11.9 Å². The molecular formula is C22H21BrN6O2. The Morgan fingerprint density at radius 2 is 2.00 bits per heavy atom. The molecule has 1 atom stereocenters. The summed E-state index contributed by atoms with van der Waals surface area (Å²) in [5.74, 6) is 1.09. The van der Waals surface area contributed by atoms with Crippen LogP contribution in [0.5, 0.6) is 0 Å². The number of rotatable bonds is 7. The number of fused-ring (bicyclic) bond motifs is 1.